The number of hydrazone groups is 1. The zero-order chi connectivity index (χ0) is 19.1. The van der Waals surface area contributed by atoms with Gasteiger partial charge in [-0.05, 0) is 18.6 Å². The summed E-state index contributed by atoms with van der Waals surface area (Å²) in [5, 5.41) is 13.1. The zero-order valence-electron chi connectivity index (χ0n) is 13.5. The summed E-state index contributed by atoms with van der Waals surface area (Å²) in [6.07, 6.45) is -10.6. The molecule has 0 radical (unpaired) electrons. The number of para-hydroxylation sites is 1. The van der Waals surface area contributed by atoms with Crippen molar-refractivity contribution in [2.75, 3.05) is 5.43 Å². The molecule has 0 saturated heterocycles. The number of anilines is 1. The van der Waals surface area contributed by atoms with Gasteiger partial charge in [0.1, 0.15) is 0 Å². The third kappa shape index (κ3) is 5.35. The molecule has 0 saturated carbocycles. The third-order valence-corrected chi connectivity index (χ3v) is 3.74. The van der Waals surface area contributed by atoms with E-state index in [1.165, 1.54) is 0 Å². The lowest BCUT2D eigenvalue weighted by atomic mass is 9.83. The average molecular weight is 370 g/mol. The molecule has 0 heterocycles. The van der Waals surface area contributed by atoms with E-state index in [2.05, 4.69) is 10.5 Å². The van der Waals surface area contributed by atoms with Crippen LogP contribution in [0, 0.1) is 5.92 Å². The Labute approximate surface area is 141 Å². The van der Waals surface area contributed by atoms with Crippen LogP contribution >= 0.6 is 0 Å². The molecule has 0 aliphatic carbocycles. The highest BCUT2D eigenvalue weighted by atomic mass is 19.4. The summed E-state index contributed by atoms with van der Waals surface area (Å²) in [5.41, 5.74) is -2.09. The first-order chi connectivity index (χ1) is 11.5. The zero-order valence-corrected chi connectivity index (χ0v) is 13.5. The predicted molar refractivity (Wildman–Crippen MR) is 83.2 cm³/mol. The fraction of sp³-hybridized carbons (Fsp3) is 0.562. The number of unbranched alkanes of at least 4 members (excludes halogenated alkanes) is 2. The van der Waals surface area contributed by atoms with Crippen LogP contribution in [0.15, 0.2) is 35.4 Å². The van der Waals surface area contributed by atoms with Gasteiger partial charge in [-0.15, -0.1) is 0 Å². The highest BCUT2D eigenvalue weighted by molar-refractivity contribution is 5.64. The van der Waals surface area contributed by atoms with Crippen LogP contribution in [-0.4, -0.2) is 29.3 Å². The summed E-state index contributed by atoms with van der Waals surface area (Å²) < 4.78 is 78.3. The maximum absolute atomic E-state index is 13.1. The second-order valence-electron chi connectivity index (χ2n) is 5.62. The van der Waals surface area contributed by atoms with E-state index in [9.17, 15) is 31.4 Å². The lowest BCUT2D eigenvalue weighted by Gasteiger charge is -2.37. The van der Waals surface area contributed by atoms with Crippen molar-refractivity contribution < 1.29 is 31.4 Å². The number of hydrogen-bond donors (Lipinski definition) is 2. The van der Waals surface area contributed by atoms with Crippen molar-refractivity contribution in [1.82, 2.24) is 0 Å². The summed E-state index contributed by atoms with van der Waals surface area (Å²) in [4.78, 5) is 0. The quantitative estimate of drug-likeness (QED) is 0.288. The van der Waals surface area contributed by atoms with E-state index >= 15 is 0 Å². The number of rotatable bonds is 8. The molecule has 3 nitrogen and oxygen atoms in total. The fourth-order valence-electron chi connectivity index (χ4n) is 2.30. The maximum atomic E-state index is 13.1. The molecule has 1 rings (SSSR count). The van der Waals surface area contributed by atoms with Crippen LogP contribution in [0.25, 0.3) is 0 Å². The van der Waals surface area contributed by atoms with Gasteiger partial charge >= 0.3 is 12.4 Å². The minimum atomic E-state index is -5.87. The van der Waals surface area contributed by atoms with Gasteiger partial charge in [-0.1, -0.05) is 44.4 Å². The molecule has 0 spiro atoms. The van der Waals surface area contributed by atoms with E-state index in [0.29, 0.717) is 24.7 Å². The van der Waals surface area contributed by atoms with Crippen molar-refractivity contribution in [2.45, 2.75) is 50.6 Å². The van der Waals surface area contributed by atoms with Crippen molar-refractivity contribution >= 4 is 11.9 Å². The lowest BCUT2D eigenvalue weighted by molar-refractivity contribution is -0.378. The average Bonchev–Trinajstić information content (AvgIpc) is 2.51. The number of halogens is 6. The predicted octanol–water partition coefficient (Wildman–Crippen LogP) is 5.14. The highest BCUT2D eigenvalue weighted by Gasteiger charge is 2.73. The largest absolute Gasteiger partial charge is 0.426 e. The Balaban J connectivity index is 3.08. The number of nitrogens with zero attached hydrogens (tertiary/aromatic N) is 1. The Morgan fingerprint density at radius 1 is 1.04 bits per heavy atom. The molecule has 1 aromatic rings. The first-order valence-electron chi connectivity index (χ1n) is 7.74. The minimum Gasteiger partial charge on any atom is -0.373 e. The van der Waals surface area contributed by atoms with E-state index in [0.717, 1.165) is 0 Å². The number of alkyl halides is 6. The van der Waals surface area contributed by atoms with Gasteiger partial charge in [-0.3, -0.25) is 5.43 Å². The maximum Gasteiger partial charge on any atom is 0.426 e. The Morgan fingerprint density at radius 2 is 1.60 bits per heavy atom. The Kier molecular flexibility index (Phi) is 7.28. The van der Waals surface area contributed by atoms with Gasteiger partial charge in [0, 0.05) is 12.1 Å². The van der Waals surface area contributed by atoms with E-state index in [1.54, 1.807) is 37.3 Å². The topological polar surface area (TPSA) is 44.6 Å². The SMILES string of the molecule is CCCCC[C@H](/C=N\Nc1ccccc1)C(O)(C(F)(F)F)C(F)(F)F. The number of benzene rings is 1. The van der Waals surface area contributed by atoms with Crippen molar-refractivity contribution in [3.05, 3.63) is 30.3 Å². The molecule has 25 heavy (non-hydrogen) atoms. The van der Waals surface area contributed by atoms with Gasteiger partial charge in [0.05, 0.1) is 5.69 Å². The van der Waals surface area contributed by atoms with Crippen molar-refractivity contribution in [1.29, 1.82) is 0 Å². The highest BCUT2D eigenvalue weighted by Crippen LogP contribution is 2.48. The molecule has 1 atom stereocenters. The van der Waals surface area contributed by atoms with Crippen LogP contribution in [0.4, 0.5) is 32.0 Å². The first kappa shape index (κ1) is 21.3. The van der Waals surface area contributed by atoms with E-state index in [1.807, 2.05) is 0 Å². The van der Waals surface area contributed by atoms with Crippen molar-refractivity contribution in [3.63, 3.8) is 0 Å². The summed E-state index contributed by atoms with van der Waals surface area (Å²) in [6.45, 7) is 1.76. The van der Waals surface area contributed by atoms with Crippen molar-refractivity contribution in [3.8, 4) is 0 Å². The van der Waals surface area contributed by atoms with Crippen LogP contribution in [0.5, 0.6) is 0 Å². The fourth-order valence-corrected chi connectivity index (χ4v) is 2.30. The summed E-state index contributed by atoms with van der Waals surface area (Å²) in [6, 6.07) is 8.03. The normalized spacial score (nSPS) is 14.7. The molecule has 9 heteroatoms. The molecular weight excluding hydrogens is 350 g/mol. The molecule has 2 N–H and O–H groups in total. The lowest BCUT2D eigenvalue weighted by Crippen LogP contribution is -2.62. The van der Waals surface area contributed by atoms with E-state index in [-0.39, 0.29) is 6.42 Å². The van der Waals surface area contributed by atoms with Crippen LogP contribution in [-0.2, 0) is 0 Å². The molecule has 0 aromatic heterocycles. The number of aliphatic hydroxyl groups is 1. The molecule has 0 bridgehead atoms. The summed E-state index contributed by atoms with van der Waals surface area (Å²) in [7, 11) is 0. The first-order valence-corrected chi connectivity index (χ1v) is 7.74. The molecule has 0 aliphatic rings. The molecule has 1 aromatic carbocycles. The summed E-state index contributed by atoms with van der Waals surface area (Å²) in [5.74, 6) is -2.25. The standard InChI is InChI=1S/C16H20F6N2O/c1-2-3-5-8-12(11-23-24-13-9-6-4-7-10-13)14(25,15(17,18)19)16(20,21)22/h4,6-7,9-12,24-25H,2-3,5,8H2,1H3/b23-11-/t12-/m1/s1. The van der Waals surface area contributed by atoms with E-state index < -0.39 is 30.3 Å². The summed E-state index contributed by atoms with van der Waals surface area (Å²) >= 11 is 0. The van der Waals surface area contributed by atoms with Gasteiger partial charge in [-0.2, -0.15) is 31.4 Å². The Morgan fingerprint density at radius 3 is 2.08 bits per heavy atom. The van der Waals surface area contributed by atoms with Crippen LogP contribution in [0.1, 0.15) is 32.6 Å². The second-order valence-corrected chi connectivity index (χ2v) is 5.62. The second kappa shape index (κ2) is 8.55. The molecule has 0 aliphatic heterocycles. The monoisotopic (exact) mass is 370 g/mol. The Hall–Kier alpha value is -1.77. The third-order valence-electron chi connectivity index (χ3n) is 3.74. The van der Waals surface area contributed by atoms with Gasteiger partial charge in [-0.25, -0.2) is 0 Å². The van der Waals surface area contributed by atoms with Crippen molar-refractivity contribution in [2.24, 2.45) is 11.0 Å². The van der Waals surface area contributed by atoms with Gasteiger partial charge < -0.3 is 5.11 Å². The Bertz CT molecular complexity index is 528. The van der Waals surface area contributed by atoms with Crippen LogP contribution in [0.3, 0.4) is 0 Å². The van der Waals surface area contributed by atoms with Gasteiger partial charge in [0.2, 0.25) is 0 Å². The molecule has 0 unspecified atom stereocenters. The molecular formula is C16H20F6N2O. The van der Waals surface area contributed by atoms with Crippen LogP contribution < -0.4 is 5.43 Å². The van der Waals surface area contributed by atoms with Gasteiger partial charge in [0.25, 0.3) is 5.60 Å². The van der Waals surface area contributed by atoms with Crippen LogP contribution in [0.2, 0.25) is 0 Å². The molecule has 142 valence electrons. The number of hydrogen-bond acceptors (Lipinski definition) is 3. The molecule has 0 amide bonds. The minimum absolute atomic E-state index is 0.104. The van der Waals surface area contributed by atoms with Gasteiger partial charge in [0.15, 0.2) is 0 Å². The smallest absolute Gasteiger partial charge is 0.373 e. The van der Waals surface area contributed by atoms with E-state index in [4.69, 9.17) is 0 Å². The molecule has 0 fully saturated rings. The number of nitrogens with one attached hydrogen (secondary N) is 1.